The first-order valence-electron chi connectivity index (χ1n) is 5.02. The Kier molecular flexibility index (Phi) is 6.59. The second kappa shape index (κ2) is 7.45. The van der Waals surface area contributed by atoms with Gasteiger partial charge < -0.3 is 10.2 Å². The number of hydrogen-bond donors (Lipinski definition) is 1. The summed E-state index contributed by atoms with van der Waals surface area (Å²) in [7, 11) is 1.93. The molecule has 0 aromatic heterocycles. The number of nitrogens with one attached hydrogen (secondary N) is 1. The molecule has 0 bridgehead atoms. The van der Waals surface area contributed by atoms with Crippen molar-refractivity contribution in [2.45, 2.75) is 19.9 Å². The quantitative estimate of drug-likeness (QED) is 0.404. The smallest absolute Gasteiger partial charge is 0.211 e. The summed E-state index contributed by atoms with van der Waals surface area (Å²) in [6.45, 7) is 11.3. The zero-order chi connectivity index (χ0) is 12.6. The van der Waals surface area contributed by atoms with Crippen LogP contribution in [0.2, 0.25) is 0 Å². The van der Waals surface area contributed by atoms with Crippen molar-refractivity contribution in [1.82, 2.24) is 10.2 Å². The summed E-state index contributed by atoms with van der Waals surface area (Å²) in [6.07, 6.45) is 5.24. The Hall–Kier alpha value is -1.84. The molecule has 0 aromatic carbocycles. The van der Waals surface area contributed by atoms with Gasteiger partial charge in [-0.25, -0.2) is 0 Å². The zero-order valence-electron chi connectivity index (χ0n) is 10.1. The van der Waals surface area contributed by atoms with Gasteiger partial charge >= 0.3 is 0 Å². The van der Waals surface area contributed by atoms with E-state index in [1.807, 2.05) is 25.8 Å². The molecular formula is C12H19N3O. The maximum Gasteiger partial charge on any atom is 0.211 e. The third-order valence-corrected chi connectivity index (χ3v) is 2.15. The first-order chi connectivity index (χ1) is 7.58. The second-order valence-corrected chi connectivity index (χ2v) is 3.43. The van der Waals surface area contributed by atoms with Gasteiger partial charge in [0.15, 0.2) is 0 Å². The summed E-state index contributed by atoms with van der Waals surface area (Å²) in [5.74, 6) is 0. The molecule has 0 aromatic rings. The van der Waals surface area contributed by atoms with E-state index in [4.69, 9.17) is 0 Å². The lowest BCUT2D eigenvalue weighted by atomic mass is 10.2. The lowest BCUT2D eigenvalue weighted by molar-refractivity contribution is -0.108. The van der Waals surface area contributed by atoms with Crippen LogP contribution < -0.4 is 5.32 Å². The standard InChI is InChI=1S/C12H19N3O/c1-6-12(15(5)10(3)4)11(14-9-16)8-13-7-2/h6-10H,1-2H2,3-5H3,(H,14,16)/b12-11-,13-8?. The highest BCUT2D eigenvalue weighted by Gasteiger charge is 2.09. The topological polar surface area (TPSA) is 44.7 Å². The fraction of sp³-hybridized carbons (Fsp3) is 0.333. The molecule has 0 saturated heterocycles. The van der Waals surface area contributed by atoms with Crippen LogP contribution in [0.3, 0.4) is 0 Å². The molecule has 0 fully saturated rings. The Balaban J connectivity index is 5.28. The number of allylic oxidation sites excluding steroid dienone is 2. The minimum absolute atomic E-state index is 0.300. The van der Waals surface area contributed by atoms with E-state index in [1.54, 1.807) is 6.08 Å². The van der Waals surface area contributed by atoms with E-state index in [0.29, 0.717) is 18.1 Å². The number of likely N-dealkylation sites (N-methyl/N-ethyl adjacent to an activating group) is 1. The molecule has 4 nitrogen and oxygen atoms in total. The van der Waals surface area contributed by atoms with Crippen LogP contribution in [-0.4, -0.2) is 30.6 Å². The predicted octanol–water partition coefficient (Wildman–Crippen LogP) is 1.68. The van der Waals surface area contributed by atoms with Gasteiger partial charge in [0, 0.05) is 19.3 Å². The minimum Gasteiger partial charge on any atom is -0.370 e. The first kappa shape index (κ1) is 14.2. The van der Waals surface area contributed by atoms with Crippen molar-refractivity contribution in [3.63, 3.8) is 0 Å². The maximum atomic E-state index is 10.5. The summed E-state index contributed by atoms with van der Waals surface area (Å²) in [5.41, 5.74) is 1.41. The van der Waals surface area contributed by atoms with Crippen LogP contribution >= 0.6 is 0 Å². The molecular weight excluding hydrogens is 202 g/mol. The third-order valence-electron chi connectivity index (χ3n) is 2.15. The van der Waals surface area contributed by atoms with E-state index in [2.05, 4.69) is 23.5 Å². The van der Waals surface area contributed by atoms with Gasteiger partial charge in [-0.05, 0) is 19.9 Å². The Bertz CT molecular complexity index is 316. The average molecular weight is 221 g/mol. The van der Waals surface area contributed by atoms with Crippen molar-refractivity contribution in [1.29, 1.82) is 0 Å². The molecule has 4 heteroatoms. The van der Waals surface area contributed by atoms with Gasteiger partial charge in [0.05, 0.1) is 17.6 Å². The monoisotopic (exact) mass is 221 g/mol. The van der Waals surface area contributed by atoms with Crippen molar-refractivity contribution in [3.8, 4) is 0 Å². The lowest BCUT2D eigenvalue weighted by Gasteiger charge is -2.26. The zero-order valence-corrected chi connectivity index (χ0v) is 10.1. The number of aliphatic imine (C=N–C) groups is 1. The molecule has 0 rings (SSSR count). The number of rotatable bonds is 7. The summed E-state index contributed by atoms with van der Waals surface area (Å²) < 4.78 is 0. The highest BCUT2D eigenvalue weighted by Crippen LogP contribution is 2.10. The van der Waals surface area contributed by atoms with E-state index < -0.39 is 0 Å². The Labute approximate surface area is 97.1 Å². The molecule has 1 N–H and O–H groups in total. The molecule has 0 aliphatic heterocycles. The Morgan fingerprint density at radius 2 is 2.06 bits per heavy atom. The second-order valence-electron chi connectivity index (χ2n) is 3.43. The number of hydrogen-bond acceptors (Lipinski definition) is 3. The van der Waals surface area contributed by atoms with Crippen LogP contribution in [0.1, 0.15) is 13.8 Å². The van der Waals surface area contributed by atoms with Crippen molar-refractivity contribution < 1.29 is 4.79 Å². The van der Waals surface area contributed by atoms with Gasteiger partial charge in [0.1, 0.15) is 0 Å². The van der Waals surface area contributed by atoms with Crippen LogP contribution in [0.5, 0.6) is 0 Å². The molecule has 0 saturated carbocycles. The molecule has 0 unspecified atom stereocenters. The minimum atomic E-state index is 0.300. The summed E-state index contributed by atoms with van der Waals surface area (Å²) in [4.78, 5) is 16.4. The highest BCUT2D eigenvalue weighted by molar-refractivity contribution is 5.83. The van der Waals surface area contributed by atoms with Crippen molar-refractivity contribution >= 4 is 12.6 Å². The maximum absolute atomic E-state index is 10.5. The van der Waals surface area contributed by atoms with Crippen LogP contribution in [0.25, 0.3) is 0 Å². The molecule has 0 spiro atoms. The molecule has 0 radical (unpaired) electrons. The summed E-state index contributed by atoms with van der Waals surface area (Å²) >= 11 is 0. The van der Waals surface area contributed by atoms with Crippen LogP contribution in [0.15, 0.2) is 41.8 Å². The van der Waals surface area contributed by atoms with Gasteiger partial charge in [-0.2, -0.15) is 0 Å². The van der Waals surface area contributed by atoms with E-state index in [-0.39, 0.29) is 0 Å². The van der Waals surface area contributed by atoms with Gasteiger partial charge in [0.25, 0.3) is 0 Å². The van der Waals surface area contributed by atoms with E-state index >= 15 is 0 Å². The Morgan fingerprint density at radius 3 is 2.44 bits per heavy atom. The fourth-order valence-corrected chi connectivity index (χ4v) is 1.09. The largest absolute Gasteiger partial charge is 0.370 e. The molecule has 0 aliphatic rings. The summed E-state index contributed by atoms with van der Waals surface area (Å²) in [5, 5.41) is 2.59. The normalized spacial score (nSPS) is 12.2. The van der Waals surface area contributed by atoms with Gasteiger partial charge in [0.2, 0.25) is 6.41 Å². The number of carbonyl (C=O) groups excluding carboxylic acids is 1. The van der Waals surface area contributed by atoms with E-state index in [1.165, 1.54) is 12.4 Å². The fourth-order valence-electron chi connectivity index (χ4n) is 1.09. The molecule has 0 atom stereocenters. The van der Waals surface area contributed by atoms with Gasteiger partial charge in [-0.15, -0.1) is 0 Å². The van der Waals surface area contributed by atoms with Crippen molar-refractivity contribution in [3.05, 3.63) is 36.8 Å². The number of carbonyl (C=O) groups is 1. The predicted molar refractivity (Wildman–Crippen MR) is 68.0 cm³/mol. The SMILES string of the molecule is C=CN=C/C(NC=O)=C(\C=C)N(C)C(C)C. The molecule has 1 amide bonds. The number of amides is 1. The molecule has 0 heterocycles. The molecule has 0 aliphatic carbocycles. The first-order valence-corrected chi connectivity index (χ1v) is 5.02. The third kappa shape index (κ3) is 4.13. The Morgan fingerprint density at radius 1 is 1.44 bits per heavy atom. The van der Waals surface area contributed by atoms with Gasteiger partial charge in [-0.3, -0.25) is 9.79 Å². The van der Waals surface area contributed by atoms with Crippen molar-refractivity contribution in [2.24, 2.45) is 4.99 Å². The van der Waals surface area contributed by atoms with Crippen LogP contribution in [0.4, 0.5) is 0 Å². The van der Waals surface area contributed by atoms with Crippen LogP contribution in [0, 0.1) is 0 Å². The van der Waals surface area contributed by atoms with Crippen LogP contribution in [-0.2, 0) is 4.79 Å². The van der Waals surface area contributed by atoms with E-state index in [9.17, 15) is 4.79 Å². The summed E-state index contributed by atoms with van der Waals surface area (Å²) in [6, 6.07) is 0.300. The molecule has 16 heavy (non-hydrogen) atoms. The highest BCUT2D eigenvalue weighted by atomic mass is 16.1. The van der Waals surface area contributed by atoms with Gasteiger partial charge in [-0.1, -0.05) is 13.2 Å². The number of nitrogens with zero attached hydrogens (tertiary/aromatic N) is 2. The lowest BCUT2D eigenvalue weighted by Crippen LogP contribution is -2.29. The molecule has 88 valence electrons. The van der Waals surface area contributed by atoms with E-state index in [0.717, 1.165) is 5.70 Å². The van der Waals surface area contributed by atoms with Crippen molar-refractivity contribution in [2.75, 3.05) is 7.05 Å². The average Bonchev–Trinajstić information content (AvgIpc) is 2.26.